The number of benzene rings is 1. The largest absolute Gasteiger partial charge is 0.352 e. The number of rotatable bonds is 4. The summed E-state index contributed by atoms with van der Waals surface area (Å²) < 4.78 is 0. The van der Waals surface area contributed by atoms with E-state index in [0.717, 1.165) is 12.8 Å². The second kappa shape index (κ2) is 6.71. The molecule has 2 rings (SSSR count). The number of hydrogen-bond acceptors (Lipinski definition) is 2. The standard InChI is InChI=1S/C16H24N2O/c1-12(17)16(19)18-15-10-6-5-9-14(15)11-13-7-3-2-4-8-13/h2-4,7-8,12,14-15H,5-6,9-11,17H2,1H3,(H,18,19)/t12-,14?,15?/m0/s1. The topological polar surface area (TPSA) is 55.1 Å². The van der Waals surface area contributed by atoms with Crippen molar-refractivity contribution in [2.45, 2.75) is 51.1 Å². The Labute approximate surface area is 115 Å². The van der Waals surface area contributed by atoms with Gasteiger partial charge in [-0.3, -0.25) is 4.79 Å². The predicted molar refractivity (Wildman–Crippen MR) is 77.7 cm³/mol. The van der Waals surface area contributed by atoms with Crippen LogP contribution in [0.5, 0.6) is 0 Å². The quantitative estimate of drug-likeness (QED) is 0.872. The lowest BCUT2D eigenvalue weighted by atomic mass is 9.80. The van der Waals surface area contributed by atoms with Gasteiger partial charge in [0.1, 0.15) is 0 Å². The number of nitrogens with two attached hydrogens (primary N) is 1. The van der Waals surface area contributed by atoms with Crippen molar-refractivity contribution in [3.05, 3.63) is 35.9 Å². The first-order valence-corrected chi connectivity index (χ1v) is 7.26. The molecule has 0 radical (unpaired) electrons. The van der Waals surface area contributed by atoms with Crippen LogP contribution in [0.25, 0.3) is 0 Å². The summed E-state index contributed by atoms with van der Waals surface area (Å²) in [5.74, 6) is 0.517. The van der Waals surface area contributed by atoms with Crippen LogP contribution in [0.2, 0.25) is 0 Å². The lowest BCUT2D eigenvalue weighted by molar-refractivity contribution is -0.123. The average molecular weight is 260 g/mol. The third-order valence-corrected chi connectivity index (χ3v) is 3.99. The second-order valence-corrected chi connectivity index (χ2v) is 5.64. The number of hydrogen-bond donors (Lipinski definition) is 2. The molecule has 1 saturated carbocycles. The summed E-state index contributed by atoms with van der Waals surface area (Å²) in [6, 6.07) is 10.4. The molecule has 0 aliphatic heterocycles. The molecule has 1 amide bonds. The molecule has 3 nitrogen and oxygen atoms in total. The fourth-order valence-corrected chi connectivity index (χ4v) is 2.87. The number of carbonyl (C=O) groups is 1. The molecule has 1 aromatic rings. The maximum Gasteiger partial charge on any atom is 0.236 e. The van der Waals surface area contributed by atoms with Gasteiger partial charge in [0.05, 0.1) is 6.04 Å². The van der Waals surface area contributed by atoms with Crippen molar-refractivity contribution >= 4 is 5.91 Å². The Morgan fingerprint density at radius 1 is 1.32 bits per heavy atom. The zero-order valence-electron chi connectivity index (χ0n) is 11.6. The first kappa shape index (κ1) is 14.1. The summed E-state index contributed by atoms with van der Waals surface area (Å²) in [6.45, 7) is 1.74. The van der Waals surface area contributed by atoms with Crippen molar-refractivity contribution in [3.63, 3.8) is 0 Å². The minimum absolute atomic E-state index is 0.0232. The van der Waals surface area contributed by atoms with Gasteiger partial charge in [-0.15, -0.1) is 0 Å². The number of carbonyl (C=O) groups excluding carboxylic acids is 1. The van der Waals surface area contributed by atoms with Crippen molar-refractivity contribution in [1.29, 1.82) is 0 Å². The molecule has 0 bridgehead atoms. The smallest absolute Gasteiger partial charge is 0.236 e. The van der Waals surface area contributed by atoms with E-state index < -0.39 is 6.04 Å². The van der Waals surface area contributed by atoms with Gasteiger partial charge < -0.3 is 11.1 Å². The van der Waals surface area contributed by atoms with Crippen molar-refractivity contribution in [2.75, 3.05) is 0 Å². The van der Waals surface area contributed by atoms with Crippen LogP contribution < -0.4 is 11.1 Å². The first-order chi connectivity index (χ1) is 9.16. The summed E-state index contributed by atoms with van der Waals surface area (Å²) in [5, 5.41) is 3.12. The highest BCUT2D eigenvalue weighted by Crippen LogP contribution is 2.27. The highest BCUT2D eigenvalue weighted by molar-refractivity contribution is 5.81. The first-order valence-electron chi connectivity index (χ1n) is 7.26. The number of amides is 1. The zero-order valence-corrected chi connectivity index (χ0v) is 11.6. The van der Waals surface area contributed by atoms with E-state index in [-0.39, 0.29) is 11.9 Å². The molecule has 3 atom stereocenters. The average Bonchev–Trinajstić information content (AvgIpc) is 2.42. The SMILES string of the molecule is C[C@H](N)C(=O)NC1CCCCC1Cc1ccccc1. The summed E-state index contributed by atoms with van der Waals surface area (Å²) in [7, 11) is 0. The van der Waals surface area contributed by atoms with E-state index in [9.17, 15) is 4.79 Å². The van der Waals surface area contributed by atoms with Gasteiger partial charge in [0.15, 0.2) is 0 Å². The predicted octanol–water partition coefficient (Wildman–Crippen LogP) is 2.25. The van der Waals surface area contributed by atoms with Gasteiger partial charge in [-0.05, 0) is 37.7 Å². The molecule has 19 heavy (non-hydrogen) atoms. The van der Waals surface area contributed by atoms with Crippen molar-refractivity contribution in [2.24, 2.45) is 11.7 Å². The minimum atomic E-state index is -0.417. The van der Waals surface area contributed by atoms with Crippen LogP contribution in [0.3, 0.4) is 0 Å². The summed E-state index contributed by atoms with van der Waals surface area (Å²) >= 11 is 0. The normalized spacial score (nSPS) is 24.7. The molecule has 0 heterocycles. The van der Waals surface area contributed by atoms with E-state index in [0.29, 0.717) is 5.92 Å². The van der Waals surface area contributed by atoms with Crippen LogP contribution in [-0.4, -0.2) is 18.0 Å². The van der Waals surface area contributed by atoms with Gasteiger partial charge in [0.2, 0.25) is 5.91 Å². The molecule has 3 N–H and O–H groups in total. The van der Waals surface area contributed by atoms with E-state index >= 15 is 0 Å². The molecular weight excluding hydrogens is 236 g/mol. The maximum atomic E-state index is 11.8. The van der Waals surface area contributed by atoms with Gasteiger partial charge in [0.25, 0.3) is 0 Å². The van der Waals surface area contributed by atoms with Crippen molar-refractivity contribution in [1.82, 2.24) is 5.32 Å². The third kappa shape index (κ3) is 4.06. The van der Waals surface area contributed by atoms with Gasteiger partial charge in [-0.1, -0.05) is 43.2 Å². The van der Waals surface area contributed by atoms with Gasteiger partial charge in [0, 0.05) is 6.04 Å². The molecule has 3 heteroatoms. The van der Waals surface area contributed by atoms with E-state index in [1.54, 1.807) is 6.92 Å². The van der Waals surface area contributed by atoms with Crippen LogP contribution in [0.15, 0.2) is 30.3 Å². The van der Waals surface area contributed by atoms with Crippen LogP contribution in [-0.2, 0) is 11.2 Å². The van der Waals surface area contributed by atoms with Crippen LogP contribution in [0.4, 0.5) is 0 Å². The molecule has 0 saturated heterocycles. The highest BCUT2D eigenvalue weighted by atomic mass is 16.2. The van der Waals surface area contributed by atoms with Crippen LogP contribution >= 0.6 is 0 Å². The van der Waals surface area contributed by atoms with Crippen LogP contribution in [0, 0.1) is 5.92 Å². The molecule has 1 fully saturated rings. The zero-order chi connectivity index (χ0) is 13.7. The fourth-order valence-electron chi connectivity index (χ4n) is 2.87. The van der Waals surface area contributed by atoms with Crippen molar-refractivity contribution in [3.8, 4) is 0 Å². The molecule has 0 spiro atoms. The second-order valence-electron chi connectivity index (χ2n) is 5.64. The summed E-state index contributed by atoms with van der Waals surface area (Å²) in [6.07, 6.45) is 5.79. The molecule has 1 aromatic carbocycles. The molecule has 0 aromatic heterocycles. The summed E-state index contributed by atoms with van der Waals surface area (Å²) in [5.41, 5.74) is 7.00. The Morgan fingerprint density at radius 3 is 2.68 bits per heavy atom. The lowest BCUT2D eigenvalue weighted by Crippen LogP contribution is -2.48. The van der Waals surface area contributed by atoms with Gasteiger partial charge >= 0.3 is 0 Å². The molecule has 1 aliphatic rings. The molecule has 2 unspecified atom stereocenters. The third-order valence-electron chi connectivity index (χ3n) is 3.99. The number of nitrogens with one attached hydrogen (secondary N) is 1. The maximum absolute atomic E-state index is 11.8. The van der Waals surface area contributed by atoms with Crippen molar-refractivity contribution < 1.29 is 4.79 Å². The Kier molecular flexibility index (Phi) is 4.97. The summed E-state index contributed by atoms with van der Waals surface area (Å²) in [4.78, 5) is 11.8. The Morgan fingerprint density at radius 2 is 2.00 bits per heavy atom. The Hall–Kier alpha value is -1.35. The van der Waals surface area contributed by atoms with Gasteiger partial charge in [-0.2, -0.15) is 0 Å². The highest BCUT2D eigenvalue weighted by Gasteiger charge is 2.27. The minimum Gasteiger partial charge on any atom is -0.352 e. The van der Waals surface area contributed by atoms with Gasteiger partial charge in [-0.25, -0.2) is 0 Å². The Bertz CT molecular complexity index is 402. The molecule has 1 aliphatic carbocycles. The molecule has 104 valence electrons. The molecular formula is C16H24N2O. The van der Waals surface area contributed by atoms with E-state index in [2.05, 4.69) is 29.6 Å². The van der Waals surface area contributed by atoms with Crippen LogP contribution in [0.1, 0.15) is 38.2 Å². The lowest BCUT2D eigenvalue weighted by Gasteiger charge is -2.32. The van der Waals surface area contributed by atoms with E-state index in [1.807, 2.05) is 6.07 Å². The fraction of sp³-hybridized carbons (Fsp3) is 0.562. The van der Waals surface area contributed by atoms with E-state index in [4.69, 9.17) is 5.73 Å². The monoisotopic (exact) mass is 260 g/mol. The Balaban J connectivity index is 1.98. The van der Waals surface area contributed by atoms with E-state index in [1.165, 1.54) is 24.8 Å².